The second-order valence-corrected chi connectivity index (χ2v) is 10.7. The van der Waals surface area contributed by atoms with Crippen LogP contribution in [0.25, 0.3) is 0 Å². The molecule has 0 aliphatic rings. The second kappa shape index (κ2) is 10.4. The van der Waals surface area contributed by atoms with Crippen molar-refractivity contribution in [1.82, 2.24) is 0 Å². The van der Waals surface area contributed by atoms with E-state index in [4.69, 9.17) is 4.74 Å². The van der Waals surface area contributed by atoms with Crippen molar-refractivity contribution in [3.05, 3.63) is 76.3 Å². The minimum Gasteiger partial charge on any atom is -0.496 e. The molecule has 3 rings (SSSR count). The van der Waals surface area contributed by atoms with E-state index in [1.807, 2.05) is 31.2 Å². The monoisotopic (exact) mass is 530 g/mol. The molecular weight excluding hydrogens is 504 g/mol. The molecule has 0 fully saturated rings. The molecule has 3 aromatic carbocycles. The van der Waals surface area contributed by atoms with E-state index in [1.165, 1.54) is 19.2 Å². The number of sulfone groups is 1. The van der Waals surface area contributed by atoms with Gasteiger partial charge in [-0.05, 0) is 76.3 Å². The van der Waals surface area contributed by atoms with Crippen LogP contribution in [0.2, 0.25) is 0 Å². The molecule has 0 unspecified atom stereocenters. The Bertz CT molecular complexity index is 1270. The number of para-hydroxylation sites is 1. The molecule has 0 saturated heterocycles. The zero-order valence-electron chi connectivity index (χ0n) is 19.0. The largest absolute Gasteiger partial charge is 0.496 e. The minimum atomic E-state index is -3.84. The number of hydrogen-bond acceptors (Lipinski definition) is 5. The molecule has 0 radical (unpaired) electrons. The molecule has 0 aliphatic heterocycles. The summed E-state index contributed by atoms with van der Waals surface area (Å²) >= 11 is 3.34. The Kier molecular flexibility index (Phi) is 7.81. The molecule has 1 amide bonds. The molecule has 0 spiro atoms. The summed E-state index contributed by atoms with van der Waals surface area (Å²) in [5.41, 5.74) is 2.94. The third kappa shape index (κ3) is 5.75. The number of nitrogens with one attached hydrogen (secondary N) is 2. The molecule has 0 aromatic heterocycles. The number of hydrogen-bond donors (Lipinski definition) is 2. The first-order valence-corrected chi connectivity index (χ1v) is 12.7. The van der Waals surface area contributed by atoms with Crippen LogP contribution in [-0.4, -0.2) is 28.0 Å². The van der Waals surface area contributed by atoms with Crippen molar-refractivity contribution in [2.75, 3.05) is 24.3 Å². The van der Waals surface area contributed by atoms with Crippen LogP contribution in [0.15, 0.2) is 74.9 Å². The molecule has 0 saturated carbocycles. The summed E-state index contributed by atoms with van der Waals surface area (Å²) < 4.78 is 32.6. The van der Waals surface area contributed by atoms with E-state index in [-0.39, 0.29) is 28.2 Å². The Morgan fingerprint density at radius 3 is 2.42 bits per heavy atom. The van der Waals surface area contributed by atoms with Crippen LogP contribution < -0.4 is 15.4 Å². The van der Waals surface area contributed by atoms with Gasteiger partial charge in [0.2, 0.25) is 15.7 Å². The summed E-state index contributed by atoms with van der Waals surface area (Å²) in [4.78, 5) is 12.9. The molecular formula is C25H27BrN2O4S. The summed E-state index contributed by atoms with van der Waals surface area (Å²) in [6, 6.07) is 17.3. The number of carbonyl (C=O) groups is 1. The topological polar surface area (TPSA) is 84.5 Å². The van der Waals surface area contributed by atoms with Crippen molar-refractivity contribution in [3.63, 3.8) is 0 Å². The molecule has 174 valence electrons. The van der Waals surface area contributed by atoms with E-state index in [0.29, 0.717) is 15.9 Å². The van der Waals surface area contributed by atoms with Crippen molar-refractivity contribution in [2.24, 2.45) is 0 Å². The number of methoxy groups -OCH3 is 1. The standard InChI is InChI=1S/C25H27BrN2O4S/c1-16(2)19-7-5-6-8-21(19)28-25(29)15-27-22-11-9-17(3)13-24(22)33(30,31)18-10-12-23(32-4)20(26)14-18/h5-14,16,27H,15H2,1-4H3,(H,28,29). The maximum atomic E-state index is 13.4. The van der Waals surface area contributed by atoms with Crippen molar-refractivity contribution in [3.8, 4) is 5.75 Å². The van der Waals surface area contributed by atoms with Gasteiger partial charge in [0.15, 0.2) is 0 Å². The quantitative estimate of drug-likeness (QED) is 0.386. The highest BCUT2D eigenvalue weighted by Crippen LogP contribution is 2.33. The lowest BCUT2D eigenvalue weighted by atomic mass is 10.0. The zero-order chi connectivity index (χ0) is 24.2. The number of ether oxygens (including phenoxy) is 1. The summed E-state index contributed by atoms with van der Waals surface area (Å²) in [6.07, 6.45) is 0. The third-order valence-corrected chi connectivity index (χ3v) is 7.57. The fourth-order valence-electron chi connectivity index (χ4n) is 3.42. The van der Waals surface area contributed by atoms with Crippen molar-refractivity contribution < 1.29 is 17.9 Å². The third-order valence-electron chi connectivity index (χ3n) is 5.16. The molecule has 0 heterocycles. The Morgan fingerprint density at radius 2 is 1.76 bits per heavy atom. The average molecular weight is 531 g/mol. The SMILES string of the molecule is COc1ccc(S(=O)(=O)c2cc(C)ccc2NCC(=O)Nc2ccccc2C(C)C)cc1Br. The molecule has 0 bridgehead atoms. The number of benzene rings is 3. The zero-order valence-corrected chi connectivity index (χ0v) is 21.4. The molecule has 0 aliphatic carbocycles. The van der Waals surface area contributed by atoms with Gasteiger partial charge in [-0.25, -0.2) is 8.42 Å². The molecule has 33 heavy (non-hydrogen) atoms. The van der Waals surface area contributed by atoms with Gasteiger partial charge in [0, 0.05) is 5.69 Å². The summed E-state index contributed by atoms with van der Waals surface area (Å²) in [7, 11) is -2.33. The van der Waals surface area contributed by atoms with Crippen LogP contribution in [0.4, 0.5) is 11.4 Å². The van der Waals surface area contributed by atoms with E-state index in [9.17, 15) is 13.2 Å². The van der Waals surface area contributed by atoms with Gasteiger partial charge < -0.3 is 15.4 Å². The van der Waals surface area contributed by atoms with Crippen LogP contribution in [0.3, 0.4) is 0 Å². The van der Waals surface area contributed by atoms with E-state index < -0.39 is 9.84 Å². The first-order valence-electron chi connectivity index (χ1n) is 10.5. The number of anilines is 2. The van der Waals surface area contributed by atoms with Gasteiger partial charge in [-0.3, -0.25) is 4.79 Å². The smallest absolute Gasteiger partial charge is 0.243 e. The summed E-state index contributed by atoms with van der Waals surface area (Å²) in [5, 5.41) is 5.91. The van der Waals surface area contributed by atoms with E-state index in [1.54, 1.807) is 24.3 Å². The average Bonchev–Trinajstić information content (AvgIpc) is 2.78. The van der Waals surface area contributed by atoms with Gasteiger partial charge in [0.1, 0.15) is 5.75 Å². The predicted molar refractivity (Wildman–Crippen MR) is 135 cm³/mol. The summed E-state index contributed by atoms with van der Waals surface area (Å²) in [5.74, 6) is 0.529. The van der Waals surface area contributed by atoms with Gasteiger partial charge in [-0.2, -0.15) is 0 Å². The predicted octanol–water partition coefficient (Wildman–Crippen LogP) is 5.77. The Labute approximate surface area is 203 Å². The molecule has 0 atom stereocenters. The highest BCUT2D eigenvalue weighted by atomic mass is 79.9. The van der Waals surface area contributed by atoms with E-state index in [0.717, 1.165) is 16.8 Å². The van der Waals surface area contributed by atoms with Crippen LogP contribution in [0, 0.1) is 6.92 Å². The first-order chi connectivity index (χ1) is 15.6. The van der Waals surface area contributed by atoms with Crippen molar-refractivity contribution in [2.45, 2.75) is 36.5 Å². The van der Waals surface area contributed by atoms with E-state index >= 15 is 0 Å². The second-order valence-electron chi connectivity index (χ2n) is 7.94. The van der Waals surface area contributed by atoms with Crippen molar-refractivity contribution >= 4 is 43.0 Å². The lowest BCUT2D eigenvalue weighted by Crippen LogP contribution is -2.23. The fraction of sp³-hybridized carbons (Fsp3) is 0.240. The maximum Gasteiger partial charge on any atom is 0.243 e. The lowest BCUT2D eigenvalue weighted by molar-refractivity contribution is -0.114. The number of aryl methyl sites for hydroxylation is 1. The van der Waals surface area contributed by atoms with E-state index in [2.05, 4.69) is 40.4 Å². The van der Waals surface area contributed by atoms with Gasteiger partial charge >= 0.3 is 0 Å². The normalized spacial score (nSPS) is 11.3. The fourth-order valence-corrected chi connectivity index (χ4v) is 5.66. The number of amides is 1. The Hall–Kier alpha value is -2.84. The first kappa shape index (κ1) is 24.8. The van der Waals surface area contributed by atoms with Crippen LogP contribution >= 0.6 is 15.9 Å². The Balaban J connectivity index is 1.85. The summed E-state index contributed by atoms with van der Waals surface area (Å²) in [6.45, 7) is 5.86. The van der Waals surface area contributed by atoms with Gasteiger partial charge in [0.05, 0.1) is 33.6 Å². The highest BCUT2D eigenvalue weighted by Gasteiger charge is 2.23. The number of rotatable bonds is 8. The number of carbonyl (C=O) groups excluding carboxylic acids is 1. The molecule has 3 aromatic rings. The molecule has 6 nitrogen and oxygen atoms in total. The van der Waals surface area contributed by atoms with Gasteiger partial charge in [-0.15, -0.1) is 0 Å². The number of halogens is 1. The van der Waals surface area contributed by atoms with Crippen LogP contribution in [0.5, 0.6) is 5.75 Å². The van der Waals surface area contributed by atoms with Crippen LogP contribution in [0.1, 0.15) is 30.9 Å². The maximum absolute atomic E-state index is 13.4. The van der Waals surface area contributed by atoms with Crippen molar-refractivity contribution in [1.29, 1.82) is 0 Å². The molecule has 8 heteroatoms. The van der Waals surface area contributed by atoms with Gasteiger partial charge in [-0.1, -0.05) is 38.1 Å². The van der Waals surface area contributed by atoms with Gasteiger partial charge in [0.25, 0.3) is 0 Å². The lowest BCUT2D eigenvalue weighted by Gasteiger charge is -2.16. The Morgan fingerprint density at radius 1 is 1.03 bits per heavy atom. The highest BCUT2D eigenvalue weighted by molar-refractivity contribution is 9.10. The molecule has 2 N–H and O–H groups in total. The van der Waals surface area contributed by atoms with Crippen LogP contribution in [-0.2, 0) is 14.6 Å². The minimum absolute atomic E-state index is 0.0791.